The van der Waals surface area contributed by atoms with E-state index in [9.17, 15) is 0 Å². The second-order valence-electron chi connectivity index (χ2n) is 23.5. The lowest BCUT2D eigenvalue weighted by atomic mass is 9.71. The maximum atomic E-state index is 7.09. The third kappa shape index (κ3) is 6.64. The van der Waals surface area contributed by atoms with Gasteiger partial charge in [0.05, 0.1) is 0 Å². The number of fused-ring (bicyclic) bond motifs is 5. The van der Waals surface area contributed by atoms with E-state index < -0.39 is 0 Å². The van der Waals surface area contributed by atoms with Gasteiger partial charge in [-0.25, -0.2) is 0 Å². The zero-order valence-electron chi connectivity index (χ0n) is 50.4. The normalized spacial score (nSPS) is 12.1. The van der Waals surface area contributed by atoms with E-state index in [1.807, 2.05) is 0 Å². The summed E-state index contributed by atoms with van der Waals surface area (Å²) in [5.41, 5.74) is 51.3. The van der Waals surface area contributed by atoms with E-state index in [-0.39, 0.29) is 0 Å². The summed E-state index contributed by atoms with van der Waals surface area (Å²) < 4.78 is 7.09. The summed E-state index contributed by atoms with van der Waals surface area (Å²) in [5.74, 6) is 0. The van der Waals surface area contributed by atoms with Gasteiger partial charge in [-0.15, -0.1) is 0 Å². The molecule has 8 aromatic carbocycles. The largest absolute Gasteiger partial charge is 0.455 e. The number of hydrogen-bond donors (Lipinski definition) is 0. The van der Waals surface area contributed by atoms with Crippen LogP contribution in [0.25, 0.3) is 88.0 Å². The molecule has 1 aromatic heterocycles. The molecule has 9 rings (SSSR count). The monoisotopic (exact) mass is 965 g/mol. The van der Waals surface area contributed by atoms with Gasteiger partial charge in [0.15, 0.2) is 0 Å². The van der Waals surface area contributed by atoms with E-state index in [1.165, 1.54) is 233 Å². The lowest BCUT2D eigenvalue weighted by Gasteiger charge is -2.32. The van der Waals surface area contributed by atoms with E-state index >= 15 is 0 Å². The minimum Gasteiger partial charge on any atom is -0.455 e. The molecule has 73 heavy (non-hydrogen) atoms. The Kier molecular flexibility index (Phi) is 12.3. The van der Waals surface area contributed by atoms with Crippen LogP contribution in [-0.2, 0) is 0 Å². The van der Waals surface area contributed by atoms with Gasteiger partial charge < -0.3 is 4.42 Å². The van der Waals surface area contributed by atoms with E-state index in [0.29, 0.717) is 0 Å². The summed E-state index contributed by atoms with van der Waals surface area (Å²) in [6.07, 6.45) is 0. The van der Waals surface area contributed by atoms with Crippen molar-refractivity contribution >= 4 is 43.5 Å². The molecular formula is C72H84O. The van der Waals surface area contributed by atoms with Crippen LogP contribution < -0.4 is 0 Å². The van der Waals surface area contributed by atoms with Crippen molar-refractivity contribution in [3.63, 3.8) is 0 Å². The van der Waals surface area contributed by atoms with E-state index in [0.717, 1.165) is 11.2 Å². The number of hydrogen-bond acceptors (Lipinski definition) is 1. The quantitative estimate of drug-likeness (QED) is 0.160. The molecule has 0 saturated heterocycles. The highest BCUT2D eigenvalue weighted by molar-refractivity contribution is 6.28. The van der Waals surface area contributed by atoms with Crippen molar-refractivity contribution in [2.75, 3.05) is 0 Å². The highest BCUT2D eigenvalue weighted by atomic mass is 16.3. The van der Waals surface area contributed by atoms with Gasteiger partial charge in [-0.05, 0) is 416 Å². The molecule has 0 aliphatic heterocycles. The molecule has 0 aliphatic rings. The van der Waals surface area contributed by atoms with Gasteiger partial charge in [0.25, 0.3) is 0 Å². The van der Waals surface area contributed by atoms with Crippen molar-refractivity contribution in [1.82, 2.24) is 0 Å². The number of aryl methyl sites for hydroxylation is 8. The van der Waals surface area contributed by atoms with Crippen LogP contribution in [0.2, 0.25) is 0 Å². The zero-order chi connectivity index (χ0) is 54.1. The van der Waals surface area contributed by atoms with E-state index in [1.54, 1.807) is 0 Å². The summed E-state index contributed by atoms with van der Waals surface area (Å²) in [6, 6.07) is 0. The third-order valence-corrected chi connectivity index (χ3v) is 21.0. The van der Waals surface area contributed by atoms with Crippen molar-refractivity contribution in [2.24, 2.45) is 0 Å². The molecule has 0 unspecified atom stereocenters. The minimum atomic E-state index is 1.03. The molecule has 1 heterocycles. The van der Waals surface area contributed by atoms with Gasteiger partial charge in [0, 0.05) is 10.8 Å². The van der Waals surface area contributed by atoms with Gasteiger partial charge in [0.1, 0.15) is 11.2 Å². The lowest BCUT2D eigenvalue weighted by Crippen LogP contribution is -2.10. The fourth-order valence-corrected chi connectivity index (χ4v) is 14.3. The summed E-state index contributed by atoms with van der Waals surface area (Å²) in [6.45, 7) is 66.3. The average Bonchev–Trinajstić information content (AvgIpc) is 3.77. The molecular weight excluding hydrogens is 881 g/mol. The molecule has 0 atom stereocenters. The van der Waals surface area contributed by atoms with Crippen molar-refractivity contribution in [1.29, 1.82) is 0 Å². The standard InChI is InChI=1S/C72H84O/c1-29-31(3)41(13)57(42(14)32(29)4)61-51(23)50(22)59(55(27)66(61)58-43(15)33(5)30(2)34(6)44(58)16)69-62-45(17)35(7)37(9)47(19)64(62)70(65-48(20)38(10)36(8)46(18)63(65)69)60-52(24)54(26)72-68(56(60)28)67-49(21)39(11)40(12)53(25)71(67)73-72/h1-28H3. The fraction of sp³-hybridized carbons (Fsp3) is 0.389. The van der Waals surface area contributed by atoms with Crippen LogP contribution in [0.3, 0.4) is 0 Å². The van der Waals surface area contributed by atoms with Crippen LogP contribution >= 0.6 is 0 Å². The van der Waals surface area contributed by atoms with Crippen LogP contribution in [0.15, 0.2) is 4.42 Å². The van der Waals surface area contributed by atoms with Crippen molar-refractivity contribution < 1.29 is 4.42 Å². The van der Waals surface area contributed by atoms with Crippen LogP contribution in [0, 0.1) is 194 Å². The number of furan rings is 1. The minimum absolute atomic E-state index is 1.03. The number of benzene rings is 8. The second kappa shape index (κ2) is 17.3. The molecule has 0 fully saturated rings. The van der Waals surface area contributed by atoms with Crippen molar-refractivity contribution in [3.05, 3.63) is 156 Å². The molecule has 9 aromatic rings. The first-order chi connectivity index (χ1) is 34.0. The smallest absolute Gasteiger partial charge is 0.138 e. The Labute approximate surface area is 439 Å². The molecule has 1 nitrogen and oxygen atoms in total. The Morgan fingerprint density at radius 3 is 0.644 bits per heavy atom. The van der Waals surface area contributed by atoms with Crippen LogP contribution in [0.4, 0.5) is 0 Å². The molecule has 0 amide bonds. The van der Waals surface area contributed by atoms with Gasteiger partial charge >= 0.3 is 0 Å². The molecule has 0 bridgehead atoms. The molecule has 378 valence electrons. The van der Waals surface area contributed by atoms with Crippen LogP contribution in [-0.4, -0.2) is 0 Å². The lowest BCUT2D eigenvalue weighted by molar-refractivity contribution is 0.661. The maximum Gasteiger partial charge on any atom is 0.138 e. The fourth-order valence-electron chi connectivity index (χ4n) is 14.3. The molecule has 0 N–H and O–H groups in total. The predicted octanol–water partition coefficient (Wildman–Crippen LogP) is 21.2. The van der Waals surface area contributed by atoms with Crippen molar-refractivity contribution in [3.8, 4) is 44.5 Å². The third-order valence-electron chi connectivity index (χ3n) is 21.0. The summed E-state index contributed by atoms with van der Waals surface area (Å²) in [5, 5.41) is 8.10. The summed E-state index contributed by atoms with van der Waals surface area (Å²) >= 11 is 0. The Hall–Kier alpha value is -5.92. The maximum absolute atomic E-state index is 7.09. The predicted molar refractivity (Wildman–Crippen MR) is 323 cm³/mol. The Morgan fingerprint density at radius 1 is 0.123 bits per heavy atom. The highest BCUT2D eigenvalue weighted by Crippen LogP contribution is 2.57. The Balaban J connectivity index is 1.64. The average molecular weight is 965 g/mol. The SMILES string of the molecule is Cc1c(C)c(C)c(-c2c(C)c(C)c(-c3c4c(C)c(C)c(C)c(C)c4c(-c4c(C)c(C)c5oc6c(C)c(C)c(C)c(C)c6c5c4C)c4c(C)c(C)c(C)c(C)c34)c(C)c2-c2c(C)c(C)c(C)c(C)c2C)c(C)c1C. The number of rotatable bonds is 4. The molecule has 0 spiro atoms. The summed E-state index contributed by atoms with van der Waals surface area (Å²) in [7, 11) is 0. The van der Waals surface area contributed by atoms with Gasteiger partial charge in [-0.2, -0.15) is 0 Å². The zero-order valence-corrected chi connectivity index (χ0v) is 50.4. The van der Waals surface area contributed by atoms with E-state index in [4.69, 9.17) is 4.42 Å². The first-order valence-electron chi connectivity index (χ1n) is 27.2. The first kappa shape index (κ1) is 52.0. The van der Waals surface area contributed by atoms with Crippen LogP contribution in [0.1, 0.15) is 156 Å². The molecule has 0 radical (unpaired) electrons. The van der Waals surface area contributed by atoms with Gasteiger partial charge in [0.2, 0.25) is 0 Å². The van der Waals surface area contributed by atoms with E-state index in [2.05, 4.69) is 194 Å². The van der Waals surface area contributed by atoms with Gasteiger partial charge in [-0.1, -0.05) is 0 Å². The second-order valence-corrected chi connectivity index (χ2v) is 23.5. The Morgan fingerprint density at radius 2 is 0.301 bits per heavy atom. The molecule has 1 heteroatoms. The highest BCUT2D eigenvalue weighted by Gasteiger charge is 2.34. The molecule has 0 aliphatic carbocycles. The first-order valence-corrected chi connectivity index (χ1v) is 27.2. The van der Waals surface area contributed by atoms with Crippen LogP contribution in [0.5, 0.6) is 0 Å². The topological polar surface area (TPSA) is 13.1 Å². The Bertz CT molecular complexity index is 3910. The summed E-state index contributed by atoms with van der Waals surface area (Å²) in [4.78, 5) is 0. The van der Waals surface area contributed by atoms with Gasteiger partial charge in [-0.3, -0.25) is 0 Å². The molecule has 0 saturated carbocycles. The van der Waals surface area contributed by atoms with Crippen molar-refractivity contribution in [2.45, 2.75) is 194 Å².